The van der Waals surface area contributed by atoms with Gasteiger partial charge in [0, 0.05) is 31.6 Å². The molecule has 0 aromatic heterocycles. The minimum absolute atomic E-state index is 0.0112. The van der Waals surface area contributed by atoms with Crippen LogP contribution >= 0.6 is 0 Å². The smallest absolute Gasteiger partial charge is 0.304 e. The number of hydrogen-bond donors (Lipinski definition) is 2. The molecule has 5 nitrogen and oxygen atoms in total. The van der Waals surface area contributed by atoms with Crippen molar-refractivity contribution in [3.8, 4) is 0 Å². The van der Waals surface area contributed by atoms with Crippen LogP contribution in [-0.4, -0.2) is 47.1 Å². The molecular weight excluding hydrogens is 220 g/mol. The van der Waals surface area contributed by atoms with E-state index in [1.807, 2.05) is 32.6 Å². The fourth-order valence-corrected chi connectivity index (χ4v) is 1.54. The highest BCUT2D eigenvalue weighted by Crippen LogP contribution is 2.14. The lowest BCUT2D eigenvalue weighted by Gasteiger charge is -2.35. The molecule has 0 saturated heterocycles. The highest BCUT2D eigenvalue weighted by molar-refractivity contribution is 5.76. The summed E-state index contributed by atoms with van der Waals surface area (Å²) in [5, 5.41) is 11.4. The van der Waals surface area contributed by atoms with Gasteiger partial charge in [-0.1, -0.05) is 0 Å². The summed E-state index contributed by atoms with van der Waals surface area (Å²) in [6, 6.07) is 0. The molecule has 2 N–H and O–H groups in total. The van der Waals surface area contributed by atoms with Crippen molar-refractivity contribution >= 4 is 11.9 Å². The Bertz CT molecular complexity index is 259. The second kappa shape index (κ2) is 7.27. The Hall–Kier alpha value is -1.10. The molecule has 17 heavy (non-hydrogen) atoms. The maximum Gasteiger partial charge on any atom is 0.304 e. The summed E-state index contributed by atoms with van der Waals surface area (Å²) in [6.07, 6.45) is 0.511. The molecule has 0 saturated carbocycles. The molecule has 5 heteroatoms. The Balaban J connectivity index is 4.21. The molecule has 0 aliphatic heterocycles. The molecule has 0 aromatic rings. The minimum Gasteiger partial charge on any atom is -0.481 e. The van der Waals surface area contributed by atoms with Crippen LogP contribution in [-0.2, 0) is 9.59 Å². The summed E-state index contributed by atoms with van der Waals surface area (Å²) in [6.45, 7) is 9.62. The lowest BCUT2D eigenvalue weighted by Crippen LogP contribution is -2.44. The monoisotopic (exact) mass is 244 g/mol. The first-order valence-corrected chi connectivity index (χ1v) is 6.01. The summed E-state index contributed by atoms with van der Waals surface area (Å²) >= 11 is 0. The number of carbonyl (C=O) groups excluding carboxylic acids is 1. The summed E-state index contributed by atoms with van der Waals surface area (Å²) < 4.78 is 0. The van der Waals surface area contributed by atoms with Crippen LogP contribution in [0.25, 0.3) is 0 Å². The number of aliphatic carboxylic acids is 1. The van der Waals surface area contributed by atoms with Crippen molar-refractivity contribution in [1.82, 2.24) is 10.2 Å². The fourth-order valence-electron chi connectivity index (χ4n) is 1.54. The van der Waals surface area contributed by atoms with E-state index in [1.54, 1.807) is 0 Å². The van der Waals surface area contributed by atoms with Gasteiger partial charge in [-0.15, -0.1) is 0 Å². The molecule has 0 fully saturated rings. The van der Waals surface area contributed by atoms with Crippen molar-refractivity contribution in [2.24, 2.45) is 0 Å². The van der Waals surface area contributed by atoms with Gasteiger partial charge in [0.2, 0.25) is 5.91 Å². The van der Waals surface area contributed by atoms with E-state index in [1.165, 1.54) is 0 Å². The van der Waals surface area contributed by atoms with E-state index in [2.05, 4.69) is 5.32 Å². The highest BCUT2D eigenvalue weighted by Gasteiger charge is 2.22. The van der Waals surface area contributed by atoms with Gasteiger partial charge in [-0.3, -0.25) is 14.5 Å². The van der Waals surface area contributed by atoms with Crippen LogP contribution in [0.1, 0.15) is 40.5 Å². The first-order valence-electron chi connectivity index (χ1n) is 6.01. The van der Waals surface area contributed by atoms with Crippen molar-refractivity contribution < 1.29 is 14.7 Å². The minimum atomic E-state index is -0.808. The number of carboxylic acid groups (broad SMARTS) is 1. The zero-order chi connectivity index (χ0) is 13.5. The third kappa shape index (κ3) is 7.74. The zero-order valence-electron chi connectivity index (χ0n) is 11.2. The van der Waals surface area contributed by atoms with E-state index in [0.717, 1.165) is 0 Å². The Kier molecular flexibility index (Phi) is 6.80. The van der Waals surface area contributed by atoms with Crippen LogP contribution < -0.4 is 5.32 Å². The van der Waals surface area contributed by atoms with Crippen molar-refractivity contribution in [2.75, 3.05) is 19.6 Å². The van der Waals surface area contributed by atoms with Crippen molar-refractivity contribution in [2.45, 2.75) is 46.1 Å². The molecule has 0 radical (unpaired) electrons. The molecule has 1 amide bonds. The first-order chi connectivity index (χ1) is 7.77. The van der Waals surface area contributed by atoms with E-state index >= 15 is 0 Å². The highest BCUT2D eigenvalue weighted by atomic mass is 16.4. The Morgan fingerprint density at radius 1 is 1.18 bits per heavy atom. The standard InChI is InChI=1S/C12H24N2O3/c1-5-13-10(15)6-8-14(12(2,3)4)9-7-11(16)17/h5-9H2,1-4H3,(H,13,15)(H,16,17). The average Bonchev–Trinajstić information content (AvgIpc) is 2.15. The molecule has 0 aliphatic carbocycles. The Morgan fingerprint density at radius 3 is 2.12 bits per heavy atom. The summed E-state index contributed by atoms with van der Waals surface area (Å²) in [7, 11) is 0. The van der Waals surface area contributed by atoms with Gasteiger partial charge in [0.25, 0.3) is 0 Å². The molecule has 0 aliphatic rings. The van der Waals surface area contributed by atoms with Gasteiger partial charge >= 0.3 is 5.97 Å². The van der Waals surface area contributed by atoms with Gasteiger partial charge in [-0.05, 0) is 27.7 Å². The predicted octanol–water partition coefficient (Wildman–Crippen LogP) is 1.09. The summed E-state index contributed by atoms with van der Waals surface area (Å²) in [5.41, 5.74) is -0.123. The predicted molar refractivity (Wildman–Crippen MR) is 66.9 cm³/mol. The Labute approximate surface area is 103 Å². The molecule has 0 rings (SSSR count). The van der Waals surface area contributed by atoms with Crippen molar-refractivity contribution in [3.63, 3.8) is 0 Å². The van der Waals surface area contributed by atoms with Crippen molar-refractivity contribution in [3.05, 3.63) is 0 Å². The van der Waals surface area contributed by atoms with Gasteiger partial charge in [-0.25, -0.2) is 0 Å². The second-order valence-corrected chi connectivity index (χ2v) is 5.01. The molecule has 100 valence electrons. The summed E-state index contributed by atoms with van der Waals surface area (Å²) in [5.74, 6) is -0.797. The van der Waals surface area contributed by atoms with Crippen LogP contribution in [0.5, 0.6) is 0 Å². The van der Waals surface area contributed by atoms with Crippen molar-refractivity contribution in [1.29, 1.82) is 0 Å². The molecule has 0 aromatic carbocycles. The third-order valence-corrected chi connectivity index (χ3v) is 2.53. The van der Waals surface area contributed by atoms with E-state index in [-0.39, 0.29) is 17.9 Å². The van der Waals surface area contributed by atoms with Crippen LogP contribution in [0, 0.1) is 0 Å². The maximum atomic E-state index is 11.4. The topological polar surface area (TPSA) is 69.6 Å². The van der Waals surface area contributed by atoms with Crippen LogP contribution in [0.4, 0.5) is 0 Å². The molecule has 0 bridgehead atoms. The number of nitrogens with zero attached hydrogens (tertiary/aromatic N) is 1. The average molecular weight is 244 g/mol. The first kappa shape index (κ1) is 15.9. The fraction of sp³-hybridized carbons (Fsp3) is 0.833. The number of amides is 1. The Morgan fingerprint density at radius 2 is 1.71 bits per heavy atom. The normalized spacial score (nSPS) is 11.6. The number of carboxylic acids is 1. The third-order valence-electron chi connectivity index (χ3n) is 2.53. The largest absolute Gasteiger partial charge is 0.481 e. The van der Waals surface area contributed by atoms with Crippen LogP contribution in [0.2, 0.25) is 0 Å². The molecule has 0 spiro atoms. The molecule has 0 atom stereocenters. The lowest BCUT2D eigenvalue weighted by molar-refractivity contribution is -0.137. The van der Waals surface area contributed by atoms with E-state index in [4.69, 9.17) is 5.11 Å². The van der Waals surface area contributed by atoms with Crippen LogP contribution in [0.15, 0.2) is 0 Å². The van der Waals surface area contributed by atoms with Gasteiger partial charge < -0.3 is 10.4 Å². The number of carbonyl (C=O) groups is 2. The van der Waals surface area contributed by atoms with Gasteiger partial charge in [0.05, 0.1) is 6.42 Å². The number of rotatable bonds is 7. The van der Waals surface area contributed by atoms with Gasteiger partial charge in [-0.2, -0.15) is 0 Å². The van der Waals surface area contributed by atoms with Crippen LogP contribution in [0.3, 0.4) is 0 Å². The van der Waals surface area contributed by atoms with E-state index in [0.29, 0.717) is 26.1 Å². The molecule has 0 heterocycles. The molecule has 0 unspecified atom stereocenters. The second-order valence-electron chi connectivity index (χ2n) is 5.01. The molecular formula is C12H24N2O3. The quantitative estimate of drug-likeness (QED) is 0.703. The van der Waals surface area contributed by atoms with E-state index < -0.39 is 5.97 Å². The maximum absolute atomic E-state index is 11.4. The zero-order valence-corrected chi connectivity index (χ0v) is 11.2. The van der Waals surface area contributed by atoms with E-state index in [9.17, 15) is 9.59 Å². The lowest BCUT2D eigenvalue weighted by atomic mass is 10.1. The number of nitrogens with one attached hydrogen (secondary N) is 1. The summed E-state index contributed by atoms with van der Waals surface area (Å²) in [4.78, 5) is 23.9. The number of hydrogen-bond acceptors (Lipinski definition) is 3. The SMILES string of the molecule is CCNC(=O)CCN(CCC(=O)O)C(C)(C)C. The van der Waals surface area contributed by atoms with Gasteiger partial charge in [0.15, 0.2) is 0 Å². The van der Waals surface area contributed by atoms with Gasteiger partial charge in [0.1, 0.15) is 0 Å².